The van der Waals surface area contributed by atoms with Gasteiger partial charge in [0, 0.05) is 6.54 Å². The first-order valence-corrected chi connectivity index (χ1v) is 7.52. The van der Waals surface area contributed by atoms with Crippen molar-refractivity contribution in [1.29, 1.82) is 0 Å². The van der Waals surface area contributed by atoms with Crippen LogP contribution in [0.4, 0.5) is 5.69 Å². The highest BCUT2D eigenvalue weighted by Crippen LogP contribution is 2.44. The van der Waals surface area contributed by atoms with Crippen molar-refractivity contribution >= 4 is 11.6 Å². The van der Waals surface area contributed by atoms with Crippen LogP contribution in [0.25, 0.3) is 0 Å². The van der Waals surface area contributed by atoms with Gasteiger partial charge in [0.25, 0.3) is 5.91 Å². The van der Waals surface area contributed by atoms with E-state index < -0.39 is 6.10 Å². The van der Waals surface area contributed by atoms with E-state index in [0.717, 1.165) is 0 Å². The van der Waals surface area contributed by atoms with Crippen molar-refractivity contribution in [2.75, 3.05) is 18.1 Å². The quantitative estimate of drug-likeness (QED) is 0.820. The number of hydrogen-bond acceptors (Lipinski definition) is 4. The molecule has 1 unspecified atom stereocenters. The lowest BCUT2D eigenvalue weighted by molar-refractivity contribution is -0.128. The first-order valence-electron chi connectivity index (χ1n) is 7.52. The molecule has 1 atom stereocenters. The van der Waals surface area contributed by atoms with Crippen molar-refractivity contribution in [3.63, 3.8) is 0 Å². The zero-order chi connectivity index (χ0) is 16.3. The lowest BCUT2D eigenvalue weighted by atomic mass is 10.0. The summed E-state index contributed by atoms with van der Waals surface area (Å²) in [5.74, 6) is 1.05. The molecule has 1 aromatic rings. The Labute approximate surface area is 131 Å². The Morgan fingerprint density at radius 2 is 2.23 bits per heavy atom. The number of anilines is 1. The van der Waals surface area contributed by atoms with E-state index in [9.17, 15) is 9.90 Å². The van der Waals surface area contributed by atoms with Gasteiger partial charge in [-0.2, -0.15) is 0 Å². The normalized spacial score (nSPS) is 17.2. The second-order valence-electron chi connectivity index (χ2n) is 5.55. The third kappa shape index (κ3) is 2.95. The molecule has 0 saturated carbocycles. The Morgan fingerprint density at radius 1 is 1.50 bits per heavy atom. The zero-order valence-electron chi connectivity index (χ0n) is 13.3. The van der Waals surface area contributed by atoms with Crippen LogP contribution in [0, 0.1) is 5.92 Å². The molecule has 0 fully saturated rings. The largest absolute Gasteiger partial charge is 0.490 e. The maximum atomic E-state index is 12.6. The van der Waals surface area contributed by atoms with Gasteiger partial charge in [-0.3, -0.25) is 4.79 Å². The van der Waals surface area contributed by atoms with Crippen molar-refractivity contribution < 1.29 is 19.4 Å². The van der Waals surface area contributed by atoms with Crippen LogP contribution in [0.2, 0.25) is 0 Å². The van der Waals surface area contributed by atoms with Gasteiger partial charge in [-0.15, -0.1) is 6.58 Å². The second-order valence-corrected chi connectivity index (χ2v) is 5.55. The summed E-state index contributed by atoms with van der Waals surface area (Å²) >= 11 is 0. The van der Waals surface area contributed by atoms with Crippen molar-refractivity contribution in [2.24, 2.45) is 5.92 Å². The minimum Gasteiger partial charge on any atom is -0.490 e. The fraction of sp³-hybridized carbons (Fsp3) is 0.471. The van der Waals surface area contributed by atoms with Crippen LogP contribution in [-0.2, 0) is 11.4 Å². The van der Waals surface area contributed by atoms with Gasteiger partial charge in [0.2, 0.25) is 0 Å². The lowest BCUT2D eigenvalue weighted by Crippen LogP contribution is -2.48. The molecule has 0 aromatic heterocycles. The Kier molecular flexibility index (Phi) is 5.08. The molecule has 1 aliphatic heterocycles. The van der Waals surface area contributed by atoms with Crippen LogP contribution in [0.1, 0.15) is 26.3 Å². The molecule has 5 nitrogen and oxygen atoms in total. The number of nitrogens with zero attached hydrogens (tertiary/aromatic N) is 1. The summed E-state index contributed by atoms with van der Waals surface area (Å²) in [6.45, 7) is 10.2. The first-order chi connectivity index (χ1) is 10.5. The van der Waals surface area contributed by atoms with Crippen molar-refractivity contribution in [1.82, 2.24) is 0 Å². The number of carbonyl (C=O) groups excluding carboxylic acids is 1. The minimum atomic E-state index is -0.549. The summed E-state index contributed by atoms with van der Waals surface area (Å²) in [5, 5.41) is 9.43. The average molecular weight is 305 g/mol. The molecular formula is C17H23NO4. The van der Waals surface area contributed by atoms with E-state index in [4.69, 9.17) is 9.47 Å². The summed E-state index contributed by atoms with van der Waals surface area (Å²) in [6.07, 6.45) is 1.13. The fourth-order valence-electron chi connectivity index (χ4n) is 2.50. The van der Waals surface area contributed by atoms with Crippen LogP contribution >= 0.6 is 0 Å². The molecule has 0 saturated heterocycles. The monoisotopic (exact) mass is 305 g/mol. The molecule has 1 aromatic carbocycles. The highest BCUT2D eigenvalue weighted by atomic mass is 16.5. The molecule has 22 heavy (non-hydrogen) atoms. The van der Waals surface area contributed by atoms with Gasteiger partial charge >= 0.3 is 0 Å². The van der Waals surface area contributed by atoms with Crippen LogP contribution in [0.3, 0.4) is 0 Å². The number of aliphatic hydroxyl groups excluding tert-OH is 1. The smallest absolute Gasteiger partial charge is 0.268 e. The Balaban J connectivity index is 2.58. The van der Waals surface area contributed by atoms with E-state index in [0.29, 0.717) is 35.9 Å². The molecule has 5 heteroatoms. The fourth-order valence-corrected chi connectivity index (χ4v) is 2.50. The Bertz CT molecular complexity index is 568. The molecule has 120 valence electrons. The van der Waals surface area contributed by atoms with E-state index in [1.54, 1.807) is 23.1 Å². The summed E-state index contributed by atoms with van der Waals surface area (Å²) in [5.41, 5.74) is 1.30. The standard InChI is InChI=1S/C17H23NO4/c1-5-7-18-13-8-12(10-19)9-14(21-6-2)16(13)22-15(11(3)4)17(18)20/h5,8-9,11,15,19H,1,6-7,10H2,2-4H3. The molecule has 0 bridgehead atoms. The first kappa shape index (κ1) is 16.4. The minimum absolute atomic E-state index is 0.0416. The summed E-state index contributed by atoms with van der Waals surface area (Å²) < 4.78 is 11.6. The number of amides is 1. The maximum Gasteiger partial charge on any atom is 0.268 e. The summed E-state index contributed by atoms with van der Waals surface area (Å²) in [7, 11) is 0. The highest BCUT2D eigenvalue weighted by Gasteiger charge is 2.37. The number of aliphatic hydroxyl groups is 1. The van der Waals surface area contributed by atoms with E-state index >= 15 is 0 Å². The summed E-state index contributed by atoms with van der Waals surface area (Å²) in [4.78, 5) is 14.3. The third-order valence-electron chi connectivity index (χ3n) is 3.54. The Morgan fingerprint density at radius 3 is 2.77 bits per heavy atom. The molecule has 1 amide bonds. The molecule has 1 heterocycles. The predicted molar refractivity (Wildman–Crippen MR) is 85.3 cm³/mol. The topological polar surface area (TPSA) is 59.0 Å². The SMILES string of the molecule is C=CCN1C(=O)C(C(C)C)Oc2c(OCC)cc(CO)cc21. The van der Waals surface area contributed by atoms with Crippen molar-refractivity contribution in [2.45, 2.75) is 33.5 Å². The molecule has 1 N–H and O–H groups in total. The van der Waals surface area contributed by atoms with Crippen LogP contribution in [0.5, 0.6) is 11.5 Å². The number of fused-ring (bicyclic) bond motifs is 1. The molecule has 0 spiro atoms. The molecule has 2 rings (SSSR count). The van der Waals surface area contributed by atoms with Gasteiger partial charge in [0.05, 0.1) is 18.9 Å². The zero-order valence-corrected chi connectivity index (χ0v) is 13.3. The average Bonchev–Trinajstić information content (AvgIpc) is 2.49. The molecule has 0 aliphatic carbocycles. The number of benzene rings is 1. The van der Waals surface area contributed by atoms with Gasteiger partial charge in [-0.1, -0.05) is 19.9 Å². The van der Waals surface area contributed by atoms with Gasteiger partial charge in [0.15, 0.2) is 17.6 Å². The van der Waals surface area contributed by atoms with Gasteiger partial charge in [-0.05, 0) is 30.5 Å². The highest BCUT2D eigenvalue weighted by molar-refractivity contribution is 6.01. The number of carbonyl (C=O) groups is 1. The molecule has 1 aliphatic rings. The van der Waals surface area contributed by atoms with E-state index in [1.807, 2.05) is 20.8 Å². The lowest BCUT2D eigenvalue weighted by Gasteiger charge is -2.36. The van der Waals surface area contributed by atoms with Crippen molar-refractivity contribution in [3.8, 4) is 11.5 Å². The van der Waals surface area contributed by atoms with Crippen LogP contribution < -0.4 is 14.4 Å². The van der Waals surface area contributed by atoms with Crippen LogP contribution in [0.15, 0.2) is 24.8 Å². The molecular weight excluding hydrogens is 282 g/mol. The second kappa shape index (κ2) is 6.83. The van der Waals surface area contributed by atoms with Gasteiger partial charge < -0.3 is 19.5 Å². The Hall–Kier alpha value is -2.01. The third-order valence-corrected chi connectivity index (χ3v) is 3.54. The van der Waals surface area contributed by atoms with E-state index in [2.05, 4.69) is 6.58 Å². The number of rotatable bonds is 6. The predicted octanol–water partition coefficient (Wildman–Crippen LogP) is 2.51. The van der Waals surface area contributed by atoms with Crippen molar-refractivity contribution in [3.05, 3.63) is 30.4 Å². The van der Waals surface area contributed by atoms with Gasteiger partial charge in [-0.25, -0.2) is 0 Å². The van der Waals surface area contributed by atoms with Crippen LogP contribution in [-0.4, -0.2) is 30.3 Å². The maximum absolute atomic E-state index is 12.6. The van der Waals surface area contributed by atoms with E-state index in [1.165, 1.54) is 0 Å². The van der Waals surface area contributed by atoms with E-state index in [-0.39, 0.29) is 18.4 Å². The van der Waals surface area contributed by atoms with Gasteiger partial charge in [0.1, 0.15) is 0 Å². The summed E-state index contributed by atoms with van der Waals surface area (Å²) in [6, 6.07) is 3.51. The molecule has 0 radical (unpaired) electrons. The number of hydrogen-bond donors (Lipinski definition) is 1. The number of ether oxygens (including phenoxy) is 2.